The van der Waals surface area contributed by atoms with E-state index in [1.54, 1.807) is 32.4 Å². The predicted octanol–water partition coefficient (Wildman–Crippen LogP) is 3.57. The van der Waals surface area contributed by atoms with E-state index in [0.29, 0.717) is 40.9 Å². The molecule has 7 nitrogen and oxygen atoms in total. The SMILES string of the molecule is COc1ccc(-c2noc(CNc3ccc(C(C)=O)cc3)n2)c(OC)c1. The molecule has 0 aliphatic heterocycles. The van der Waals surface area contributed by atoms with E-state index in [1.807, 2.05) is 24.3 Å². The number of carbonyl (C=O) groups excluding carboxylic acids is 1. The predicted molar refractivity (Wildman–Crippen MR) is 96.6 cm³/mol. The van der Waals surface area contributed by atoms with Gasteiger partial charge in [-0.05, 0) is 43.3 Å². The molecule has 0 saturated carbocycles. The molecule has 0 atom stereocenters. The van der Waals surface area contributed by atoms with Crippen LogP contribution >= 0.6 is 0 Å². The summed E-state index contributed by atoms with van der Waals surface area (Å²) < 4.78 is 15.8. The van der Waals surface area contributed by atoms with Crippen LogP contribution in [0.2, 0.25) is 0 Å². The molecular formula is C19H19N3O4. The summed E-state index contributed by atoms with van der Waals surface area (Å²) in [6, 6.07) is 12.6. The Bertz CT molecular complexity index is 903. The van der Waals surface area contributed by atoms with Gasteiger partial charge in [-0.1, -0.05) is 5.16 Å². The van der Waals surface area contributed by atoms with Crippen molar-refractivity contribution in [3.63, 3.8) is 0 Å². The van der Waals surface area contributed by atoms with Crippen molar-refractivity contribution in [3.05, 3.63) is 53.9 Å². The molecule has 134 valence electrons. The standard InChI is InChI=1S/C19H19N3O4/c1-12(23)13-4-6-14(7-5-13)20-11-18-21-19(22-26-18)16-9-8-15(24-2)10-17(16)25-3/h4-10,20H,11H2,1-3H3. The monoisotopic (exact) mass is 353 g/mol. The van der Waals surface area contributed by atoms with Crippen molar-refractivity contribution < 1.29 is 18.8 Å². The van der Waals surface area contributed by atoms with Crippen LogP contribution in [0.3, 0.4) is 0 Å². The number of ether oxygens (including phenoxy) is 2. The number of hydrogen-bond donors (Lipinski definition) is 1. The summed E-state index contributed by atoms with van der Waals surface area (Å²) in [6.45, 7) is 1.90. The first-order valence-corrected chi connectivity index (χ1v) is 8.00. The molecule has 0 spiro atoms. The van der Waals surface area contributed by atoms with Gasteiger partial charge in [0.2, 0.25) is 11.7 Å². The first-order chi connectivity index (χ1) is 12.6. The second-order valence-corrected chi connectivity index (χ2v) is 5.57. The van der Waals surface area contributed by atoms with E-state index in [9.17, 15) is 4.79 Å². The zero-order valence-corrected chi connectivity index (χ0v) is 14.8. The van der Waals surface area contributed by atoms with Crippen molar-refractivity contribution in [2.45, 2.75) is 13.5 Å². The summed E-state index contributed by atoms with van der Waals surface area (Å²) in [5.41, 5.74) is 2.24. The van der Waals surface area contributed by atoms with Gasteiger partial charge in [0.25, 0.3) is 0 Å². The number of ketones is 1. The van der Waals surface area contributed by atoms with Gasteiger partial charge in [0.05, 0.1) is 26.3 Å². The molecule has 0 amide bonds. The van der Waals surface area contributed by atoms with E-state index >= 15 is 0 Å². The second kappa shape index (κ2) is 7.69. The Labute approximate surface area is 150 Å². The highest BCUT2D eigenvalue weighted by atomic mass is 16.5. The maximum Gasteiger partial charge on any atom is 0.246 e. The Balaban J connectivity index is 1.71. The van der Waals surface area contributed by atoms with Gasteiger partial charge in [-0.2, -0.15) is 4.98 Å². The molecular weight excluding hydrogens is 334 g/mol. The first kappa shape index (κ1) is 17.5. The third-order valence-electron chi connectivity index (χ3n) is 3.85. The normalized spacial score (nSPS) is 10.4. The first-order valence-electron chi connectivity index (χ1n) is 8.00. The molecule has 26 heavy (non-hydrogen) atoms. The van der Waals surface area contributed by atoms with Crippen LogP contribution in [-0.2, 0) is 6.54 Å². The summed E-state index contributed by atoms with van der Waals surface area (Å²) in [7, 11) is 3.17. The van der Waals surface area contributed by atoms with Gasteiger partial charge >= 0.3 is 0 Å². The van der Waals surface area contributed by atoms with Crippen LogP contribution in [0.4, 0.5) is 5.69 Å². The lowest BCUT2D eigenvalue weighted by Gasteiger charge is -2.07. The quantitative estimate of drug-likeness (QED) is 0.650. The van der Waals surface area contributed by atoms with Crippen LogP contribution in [0, 0.1) is 0 Å². The van der Waals surface area contributed by atoms with E-state index < -0.39 is 0 Å². The Morgan fingerprint density at radius 2 is 1.88 bits per heavy atom. The fourth-order valence-electron chi connectivity index (χ4n) is 2.42. The van der Waals surface area contributed by atoms with Crippen LogP contribution in [0.1, 0.15) is 23.2 Å². The van der Waals surface area contributed by atoms with Crippen molar-refractivity contribution in [2.24, 2.45) is 0 Å². The molecule has 0 fully saturated rings. The van der Waals surface area contributed by atoms with Gasteiger partial charge in [-0.25, -0.2) is 0 Å². The number of rotatable bonds is 7. The lowest BCUT2D eigenvalue weighted by molar-refractivity contribution is 0.101. The van der Waals surface area contributed by atoms with Crippen LogP contribution in [-0.4, -0.2) is 30.1 Å². The Hall–Kier alpha value is -3.35. The molecule has 0 aliphatic rings. The van der Waals surface area contributed by atoms with Crippen LogP contribution in [0.5, 0.6) is 11.5 Å². The fraction of sp³-hybridized carbons (Fsp3) is 0.211. The van der Waals surface area contributed by atoms with Gasteiger partial charge in [0, 0.05) is 17.3 Å². The molecule has 0 aliphatic carbocycles. The lowest BCUT2D eigenvalue weighted by Crippen LogP contribution is -2.00. The molecule has 1 N–H and O–H groups in total. The van der Waals surface area contributed by atoms with Crippen molar-refractivity contribution in [1.82, 2.24) is 10.1 Å². The fourth-order valence-corrected chi connectivity index (χ4v) is 2.42. The highest BCUT2D eigenvalue weighted by molar-refractivity contribution is 5.94. The minimum absolute atomic E-state index is 0.0338. The Morgan fingerprint density at radius 3 is 2.54 bits per heavy atom. The molecule has 0 saturated heterocycles. The summed E-state index contributed by atoms with van der Waals surface area (Å²) in [5, 5.41) is 7.19. The smallest absolute Gasteiger partial charge is 0.246 e. The summed E-state index contributed by atoms with van der Waals surface area (Å²) >= 11 is 0. The number of nitrogens with zero attached hydrogens (tertiary/aromatic N) is 2. The summed E-state index contributed by atoms with van der Waals surface area (Å²) in [6.07, 6.45) is 0. The van der Waals surface area contributed by atoms with Crippen molar-refractivity contribution in [1.29, 1.82) is 0 Å². The molecule has 1 aromatic heterocycles. The molecule has 2 aromatic carbocycles. The van der Waals surface area contributed by atoms with Crippen molar-refractivity contribution >= 4 is 11.5 Å². The number of nitrogens with one attached hydrogen (secondary N) is 1. The number of Topliss-reactive ketones (excluding diaryl/α,β-unsaturated/α-hetero) is 1. The van der Waals surface area contributed by atoms with Gasteiger partial charge in [0.15, 0.2) is 5.78 Å². The molecule has 3 aromatic rings. The topological polar surface area (TPSA) is 86.5 Å². The largest absolute Gasteiger partial charge is 0.497 e. The van der Waals surface area contributed by atoms with E-state index in [2.05, 4.69) is 15.5 Å². The Morgan fingerprint density at radius 1 is 1.12 bits per heavy atom. The molecule has 0 unspecified atom stereocenters. The number of methoxy groups -OCH3 is 2. The van der Waals surface area contributed by atoms with Gasteiger partial charge in [-0.15, -0.1) is 0 Å². The van der Waals surface area contributed by atoms with E-state index in [1.165, 1.54) is 6.92 Å². The molecule has 3 rings (SSSR count). The molecule has 0 bridgehead atoms. The average Bonchev–Trinajstić information content (AvgIpc) is 3.15. The van der Waals surface area contributed by atoms with Crippen LogP contribution in [0.15, 0.2) is 47.0 Å². The number of hydrogen-bond acceptors (Lipinski definition) is 7. The zero-order chi connectivity index (χ0) is 18.5. The number of carbonyl (C=O) groups is 1. The van der Waals surface area contributed by atoms with Crippen LogP contribution < -0.4 is 14.8 Å². The third kappa shape index (κ3) is 3.83. The second-order valence-electron chi connectivity index (χ2n) is 5.57. The van der Waals surface area contributed by atoms with E-state index in [-0.39, 0.29) is 5.78 Å². The molecule has 7 heteroatoms. The highest BCUT2D eigenvalue weighted by Gasteiger charge is 2.14. The third-order valence-corrected chi connectivity index (χ3v) is 3.85. The summed E-state index contributed by atoms with van der Waals surface area (Å²) in [5.74, 6) is 2.20. The molecule has 1 heterocycles. The van der Waals surface area contributed by atoms with E-state index in [0.717, 1.165) is 5.69 Å². The van der Waals surface area contributed by atoms with Gasteiger partial charge < -0.3 is 19.3 Å². The number of aromatic nitrogens is 2. The van der Waals surface area contributed by atoms with Gasteiger partial charge in [0.1, 0.15) is 11.5 Å². The van der Waals surface area contributed by atoms with Crippen molar-refractivity contribution in [2.75, 3.05) is 19.5 Å². The average molecular weight is 353 g/mol. The number of benzene rings is 2. The molecule has 0 radical (unpaired) electrons. The van der Waals surface area contributed by atoms with Crippen LogP contribution in [0.25, 0.3) is 11.4 Å². The maximum atomic E-state index is 11.3. The van der Waals surface area contributed by atoms with Gasteiger partial charge in [-0.3, -0.25) is 4.79 Å². The Kier molecular flexibility index (Phi) is 5.17. The van der Waals surface area contributed by atoms with E-state index in [4.69, 9.17) is 14.0 Å². The highest BCUT2D eigenvalue weighted by Crippen LogP contribution is 2.31. The maximum absolute atomic E-state index is 11.3. The van der Waals surface area contributed by atoms with Crippen molar-refractivity contribution in [3.8, 4) is 22.9 Å². The summed E-state index contributed by atoms with van der Waals surface area (Å²) in [4.78, 5) is 15.7. The minimum Gasteiger partial charge on any atom is -0.497 e. The zero-order valence-electron chi connectivity index (χ0n) is 14.8. The number of anilines is 1. The lowest BCUT2D eigenvalue weighted by atomic mass is 10.1. The minimum atomic E-state index is 0.0338.